The van der Waals surface area contributed by atoms with Crippen molar-refractivity contribution in [1.29, 1.82) is 0 Å². The van der Waals surface area contributed by atoms with E-state index < -0.39 is 0 Å². The molecule has 232 valence electrons. The second-order valence-electron chi connectivity index (χ2n) is 8.58. The van der Waals surface area contributed by atoms with Crippen LogP contribution in [0.5, 0.6) is 0 Å². The minimum Gasteiger partial charge on any atom is -0.394 e. The highest BCUT2D eigenvalue weighted by atomic mass is 16.6. The van der Waals surface area contributed by atoms with Gasteiger partial charge in [-0.25, -0.2) is 0 Å². The summed E-state index contributed by atoms with van der Waals surface area (Å²) >= 11 is 0. The van der Waals surface area contributed by atoms with Crippen molar-refractivity contribution in [3.8, 4) is 0 Å². The molecule has 38 heavy (non-hydrogen) atoms. The monoisotopic (exact) mass is 558 g/mol. The summed E-state index contributed by atoms with van der Waals surface area (Å²) in [5.41, 5.74) is 0. The number of hydrogen-bond donors (Lipinski definition) is 3. The van der Waals surface area contributed by atoms with E-state index in [1.54, 1.807) is 6.92 Å². The molecule has 0 rings (SSSR count). The fourth-order valence-electron chi connectivity index (χ4n) is 2.80. The van der Waals surface area contributed by atoms with E-state index in [0.29, 0.717) is 105 Å². The number of unbranched alkanes of at least 4 members (excludes halogenated alkanes) is 3. The molecule has 11 heteroatoms. The van der Waals surface area contributed by atoms with Crippen LogP contribution in [0.4, 0.5) is 0 Å². The minimum absolute atomic E-state index is 0.0312. The van der Waals surface area contributed by atoms with Gasteiger partial charge in [0.05, 0.1) is 125 Å². The van der Waals surface area contributed by atoms with Crippen LogP contribution in [0.2, 0.25) is 0 Å². The number of aliphatic hydroxyl groups is 3. The summed E-state index contributed by atoms with van der Waals surface area (Å²) in [5.74, 6) is 0. The van der Waals surface area contributed by atoms with Gasteiger partial charge in [-0.05, 0) is 20.3 Å². The van der Waals surface area contributed by atoms with Gasteiger partial charge in [-0.2, -0.15) is 0 Å². The first-order chi connectivity index (χ1) is 18.6. The van der Waals surface area contributed by atoms with Crippen LogP contribution in [0.3, 0.4) is 0 Å². The molecule has 0 aromatic carbocycles. The van der Waals surface area contributed by atoms with Crippen LogP contribution >= 0.6 is 0 Å². The molecule has 0 spiro atoms. The third kappa shape index (κ3) is 40.1. The predicted molar refractivity (Wildman–Crippen MR) is 146 cm³/mol. The normalized spacial score (nSPS) is 12.8. The molecule has 0 bridgehead atoms. The Kier molecular flexibility index (Phi) is 38.2. The van der Waals surface area contributed by atoms with Gasteiger partial charge in [0.1, 0.15) is 0 Å². The van der Waals surface area contributed by atoms with Crippen LogP contribution in [-0.4, -0.2) is 140 Å². The molecule has 0 aliphatic heterocycles. The van der Waals surface area contributed by atoms with E-state index in [0.717, 1.165) is 6.42 Å². The number of rotatable bonds is 30. The lowest BCUT2D eigenvalue weighted by Crippen LogP contribution is -2.16. The van der Waals surface area contributed by atoms with E-state index in [1.165, 1.54) is 25.7 Å². The summed E-state index contributed by atoms with van der Waals surface area (Å²) in [4.78, 5) is 0. The molecule has 0 saturated carbocycles. The van der Waals surface area contributed by atoms with Gasteiger partial charge in [-0.3, -0.25) is 0 Å². The predicted octanol–water partition coefficient (Wildman–Crippen LogP) is 1.83. The van der Waals surface area contributed by atoms with E-state index in [1.807, 2.05) is 0 Å². The number of ether oxygens (including phenoxy) is 8. The van der Waals surface area contributed by atoms with Gasteiger partial charge in [-0.1, -0.05) is 32.6 Å². The lowest BCUT2D eigenvalue weighted by molar-refractivity contribution is -0.0223. The van der Waals surface area contributed by atoms with Crippen molar-refractivity contribution in [1.82, 2.24) is 0 Å². The lowest BCUT2D eigenvalue weighted by atomic mass is 10.1. The topological polar surface area (TPSA) is 135 Å². The molecule has 0 aliphatic rings. The fourth-order valence-corrected chi connectivity index (χ4v) is 2.80. The quantitative estimate of drug-likeness (QED) is 0.111. The van der Waals surface area contributed by atoms with E-state index in [9.17, 15) is 0 Å². The summed E-state index contributed by atoms with van der Waals surface area (Å²) < 4.78 is 42.1. The van der Waals surface area contributed by atoms with Gasteiger partial charge in [0.25, 0.3) is 0 Å². The molecular weight excluding hydrogens is 500 g/mol. The van der Waals surface area contributed by atoms with Crippen LogP contribution in [0, 0.1) is 0 Å². The van der Waals surface area contributed by atoms with Crippen LogP contribution in [0.1, 0.15) is 52.9 Å². The zero-order valence-corrected chi connectivity index (χ0v) is 24.3. The summed E-state index contributed by atoms with van der Waals surface area (Å²) in [6, 6.07) is 0. The highest BCUT2D eigenvalue weighted by Crippen LogP contribution is 2.07. The molecule has 0 saturated heterocycles. The van der Waals surface area contributed by atoms with Gasteiger partial charge in [0.15, 0.2) is 0 Å². The molecule has 0 aliphatic carbocycles. The lowest BCUT2D eigenvalue weighted by Gasteiger charge is -2.13. The minimum atomic E-state index is -0.335. The second kappa shape index (κ2) is 36.6. The van der Waals surface area contributed by atoms with Crippen LogP contribution in [0.15, 0.2) is 0 Å². The maximum Gasteiger partial charge on any atom is 0.0745 e. The van der Waals surface area contributed by atoms with E-state index in [-0.39, 0.29) is 19.3 Å². The standard InChI is InChI=1S/C16H34O9.C11H24O2/c17-1-3-19-5-7-21-9-11-23-13-15-25-16-14-24-12-10-22-8-6-20-4-2-18;1-4-5-6-7-8-11(3)13-9-10(2)12/h17-18H,1-16H2;10-12H,4-9H2,1-3H3. The highest BCUT2D eigenvalue weighted by Gasteiger charge is 2.03. The van der Waals surface area contributed by atoms with E-state index in [2.05, 4.69) is 13.8 Å². The third-order valence-corrected chi connectivity index (χ3v) is 4.79. The molecule has 0 fully saturated rings. The maximum atomic E-state index is 8.99. The maximum absolute atomic E-state index is 8.99. The first kappa shape index (κ1) is 39.7. The van der Waals surface area contributed by atoms with Crippen LogP contribution in [-0.2, 0) is 37.9 Å². The van der Waals surface area contributed by atoms with Crippen molar-refractivity contribution >= 4 is 0 Å². The Morgan fingerprint density at radius 1 is 0.500 bits per heavy atom. The third-order valence-electron chi connectivity index (χ3n) is 4.79. The number of aliphatic hydroxyl groups excluding tert-OH is 3. The Bertz CT molecular complexity index is 381. The Morgan fingerprint density at radius 3 is 1.13 bits per heavy atom. The van der Waals surface area contributed by atoms with Crippen molar-refractivity contribution in [2.75, 3.05) is 112 Å². The fraction of sp³-hybridized carbons (Fsp3) is 1.00. The summed E-state index contributed by atoms with van der Waals surface area (Å²) in [6.07, 6.45) is 6.23. The average Bonchev–Trinajstić information content (AvgIpc) is 2.91. The largest absolute Gasteiger partial charge is 0.394 e. The van der Waals surface area contributed by atoms with Crippen molar-refractivity contribution in [2.45, 2.75) is 65.1 Å². The highest BCUT2D eigenvalue weighted by molar-refractivity contribution is 4.53. The molecule has 2 unspecified atom stereocenters. The van der Waals surface area contributed by atoms with Gasteiger partial charge in [-0.15, -0.1) is 0 Å². The van der Waals surface area contributed by atoms with Gasteiger partial charge >= 0.3 is 0 Å². The van der Waals surface area contributed by atoms with Crippen LogP contribution < -0.4 is 0 Å². The van der Waals surface area contributed by atoms with Gasteiger partial charge in [0.2, 0.25) is 0 Å². The van der Waals surface area contributed by atoms with Gasteiger partial charge in [0, 0.05) is 0 Å². The zero-order chi connectivity index (χ0) is 28.4. The van der Waals surface area contributed by atoms with Gasteiger partial charge < -0.3 is 53.2 Å². The molecule has 0 aromatic rings. The Labute approximate surface area is 231 Å². The van der Waals surface area contributed by atoms with E-state index >= 15 is 0 Å². The van der Waals surface area contributed by atoms with Crippen molar-refractivity contribution in [3.05, 3.63) is 0 Å². The first-order valence-corrected chi connectivity index (χ1v) is 14.1. The number of hydrogen-bond acceptors (Lipinski definition) is 11. The summed E-state index contributed by atoms with van der Waals surface area (Å²) in [6.45, 7) is 13.3. The molecule has 2 atom stereocenters. The van der Waals surface area contributed by atoms with Crippen molar-refractivity contribution < 1.29 is 53.2 Å². The summed E-state index contributed by atoms with van der Waals surface area (Å²) in [5, 5.41) is 26.0. The van der Waals surface area contributed by atoms with E-state index in [4.69, 9.17) is 53.2 Å². The van der Waals surface area contributed by atoms with Crippen molar-refractivity contribution in [2.24, 2.45) is 0 Å². The molecule has 0 heterocycles. The average molecular weight is 559 g/mol. The van der Waals surface area contributed by atoms with Crippen LogP contribution in [0.25, 0.3) is 0 Å². The second-order valence-corrected chi connectivity index (χ2v) is 8.58. The first-order valence-electron chi connectivity index (χ1n) is 14.1. The molecule has 0 amide bonds. The SMILES string of the molecule is CCCCCCC(C)OCC(C)O.OCCOCCOCCOCCOCCOCCOCCOCCO. The van der Waals surface area contributed by atoms with Crippen molar-refractivity contribution in [3.63, 3.8) is 0 Å². The Morgan fingerprint density at radius 2 is 0.842 bits per heavy atom. The molecule has 0 aromatic heterocycles. The summed E-state index contributed by atoms with van der Waals surface area (Å²) in [7, 11) is 0. The molecule has 3 N–H and O–H groups in total. The molecule has 11 nitrogen and oxygen atoms in total. The zero-order valence-electron chi connectivity index (χ0n) is 24.3. The Balaban J connectivity index is 0. The smallest absolute Gasteiger partial charge is 0.0745 e. The molecule has 0 radical (unpaired) electrons. The Hall–Kier alpha value is -0.440. The molecular formula is C27H58O11.